The number of aromatic nitrogens is 2. The molecule has 5 nitrogen and oxygen atoms in total. The van der Waals surface area contributed by atoms with Crippen LogP contribution in [0.5, 0.6) is 0 Å². The molecular weight excluding hydrogens is 296 g/mol. The van der Waals surface area contributed by atoms with Crippen LogP contribution in [0.3, 0.4) is 0 Å². The van der Waals surface area contributed by atoms with Gasteiger partial charge in [-0.3, -0.25) is 4.79 Å². The Hall–Kier alpha value is -2.26. The lowest BCUT2D eigenvalue weighted by Crippen LogP contribution is -2.21. The zero-order valence-corrected chi connectivity index (χ0v) is 13.7. The highest BCUT2D eigenvalue weighted by molar-refractivity contribution is 7.98. The number of nitriles is 1. The van der Waals surface area contributed by atoms with Gasteiger partial charge in [0.25, 0.3) is 5.56 Å². The molecule has 1 aromatic heterocycles. The summed E-state index contributed by atoms with van der Waals surface area (Å²) in [5, 5.41) is 9.72. The second kappa shape index (κ2) is 7.14. The molecule has 0 radical (unpaired) electrons. The van der Waals surface area contributed by atoms with E-state index in [4.69, 9.17) is 0 Å². The Kier molecular flexibility index (Phi) is 5.23. The molecule has 2 rings (SSSR count). The highest BCUT2D eigenvalue weighted by atomic mass is 32.2. The van der Waals surface area contributed by atoms with Crippen LogP contribution < -0.4 is 10.5 Å². The number of nitrogens with one attached hydrogen (secondary N) is 1. The molecule has 1 N–H and O–H groups in total. The highest BCUT2D eigenvalue weighted by Crippen LogP contribution is 2.24. The number of aromatic amines is 1. The molecule has 2 aromatic rings. The van der Waals surface area contributed by atoms with Gasteiger partial charge in [-0.15, -0.1) is 0 Å². The average molecular weight is 314 g/mol. The first-order valence-corrected chi connectivity index (χ1v) is 8.30. The van der Waals surface area contributed by atoms with Gasteiger partial charge in [0.15, 0.2) is 5.16 Å². The van der Waals surface area contributed by atoms with Crippen LogP contribution >= 0.6 is 11.8 Å². The van der Waals surface area contributed by atoms with Crippen LogP contribution in [0.15, 0.2) is 34.2 Å². The van der Waals surface area contributed by atoms with E-state index in [0.29, 0.717) is 10.9 Å². The maximum absolute atomic E-state index is 12.0. The summed E-state index contributed by atoms with van der Waals surface area (Å²) >= 11 is 1.34. The molecule has 0 saturated carbocycles. The lowest BCUT2D eigenvalue weighted by molar-refractivity contribution is 0.866. The Morgan fingerprint density at radius 2 is 1.91 bits per heavy atom. The van der Waals surface area contributed by atoms with Crippen molar-refractivity contribution in [3.63, 3.8) is 0 Å². The minimum Gasteiger partial charge on any atom is -0.372 e. The van der Waals surface area contributed by atoms with Crippen molar-refractivity contribution in [2.45, 2.75) is 19.0 Å². The molecule has 0 atom stereocenters. The second-order valence-electron chi connectivity index (χ2n) is 4.63. The molecule has 6 heteroatoms. The Bertz CT molecular complexity index is 742. The van der Waals surface area contributed by atoms with Crippen LogP contribution in [-0.4, -0.2) is 29.3 Å². The monoisotopic (exact) mass is 314 g/mol. The number of hydrogen-bond donors (Lipinski definition) is 1. The summed E-state index contributed by atoms with van der Waals surface area (Å²) in [5.41, 5.74) is 1.97. The van der Waals surface area contributed by atoms with E-state index in [0.717, 1.165) is 24.3 Å². The van der Waals surface area contributed by atoms with Crippen LogP contribution in [0.2, 0.25) is 0 Å². The molecule has 0 aliphatic rings. The summed E-state index contributed by atoms with van der Waals surface area (Å²) in [6.45, 7) is 6.07. The van der Waals surface area contributed by atoms with Gasteiger partial charge in [0.1, 0.15) is 11.6 Å². The number of anilines is 1. The number of rotatable bonds is 5. The van der Waals surface area contributed by atoms with E-state index >= 15 is 0 Å². The van der Waals surface area contributed by atoms with Crippen LogP contribution in [0, 0.1) is 11.3 Å². The SMILES string of the molecule is CCN(CC)c1ccc(-c2nc(SC)[nH]c(=O)c2C#N)cc1. The smallest absolute Gasteiger partial charge is 0.270 e. The van der Waals surface area contributed by atoms with Gasteiger partial charge in [0.05, 0.1) is 5.69 Å². The maximum Gasteiger partial charge on any atom is 0.270 e. The standard InChI is InChI=1S/C16H18N4OS/c1-4-20(5-2)12-8-6-11(7-9-12)14-13(10-17)15(21)19-16(18-14)22-3/h6-9H,4-5H2,1-3H3,(H,18,19,21). The molecule has 1 heterocycles. The van der Waals surface area contributed by atoms with Crippen molar-refractivity contribution in [3.05, 3.63) is 40.2 Å². The van der Waals surface area contributed by atoms with Gasteiger partial charge in [-0.25, -0.2) is 4.98 Å². The van der Waals surface area contributed by atoms with Gasteiger partial charge in [-0.2, -0.15) is 5.26 Å². The molecule has 0 spiro atoms. The molecule has 114 valence electrons. The second-order valence-corrected chi connectivity index (χ2v) is 5.42. The topological polar surface area (TPSA) is 72.8 Å². The molecule has 1 aromatic carbocycles. The highest BCUT2D eigenvalue weighted by Gasteiger charge is 2.13. The van der Waals surface area contributed by atoms with Crippen LogP contribution in [0.1, 0.15) is 19.4 Å². The van der Waals surface area contributed by atoms with Gasteiger partial charge in [-0.05, 0) is 32.2 Å². The quantitative estimate of drug-likeness (QED) is 0.678. The summed E-state index contributed by atoms with van der Waals surface area (Å²) in [4.78, 5) is 21.2. The van der Waals surface area contributed by atoms with E-state index in [1.165, 1.54) is 11.8 Å². The van der Waals surface area contributed by atoms with E-state index in [9.17, 15) is 10.1 Å². The number of benzene rings is 1. The molecule has 0 amide bonds. The normalized spacial score (nSPS) is 10.3. The lowest BCUT2D eigenvalue weighted by atomic mass is 10.1. The zero-order valence-electron chi connectivity index (χ0n) is 12.9. The Morgan fingerprint density at radius 1 is 1.27 bits per heavy atom. The van der Waals surface area contributed by atoms with Crippen molar-refractivity contribution >= 4 is 17.4 Å². The number of hydrogen-bond acceptors (Lipinski definition) is 5. The first kappa shape index (κ1) is 16.1. The number of H-pyrrole nitrogens is 1. The van der Waals surface area contributed by atoms with Gasteiger partial charge >= 0.3 is 0 Å². The Balaban J connectivity index is 2.51. The van der Waals surface area contributed by atoms with Gasteiger partial charge in [-0.1, -0.05) is 23.9 Å². The average Bonchev–Trinajstić information content (AvgIpc) is 2.56. The third-order valence-corrected chi connectivity index (χ3v) is 4.05. The predicted molar refractivity (Wildman–Crippen MR) is 90.4 cm³/mol. The van der Waals surface area contributed by atoms with Crippen LogP contribution in [0.4, 0.5) is 5.69 Å². The van der Waals surface area contributed by atoms with Crippen LogP contribution in [-0.2, 0) is 0 Å². The van der Waals surface area contributed by atoms with Gasteiger partial charge < -0.3 is 9.88 Å². The molecule has 0 aliphatic heterocycles. The Morgan fingerprint density at radius 3 is 2.41 bits per heavy atom. The van der Waals surface area contributed by atoms with E-state index < -0.39 is 5.56 Å². The van der Waals surface area contributed by atoms with Crippen molar-refractivity contribution < 1.29 is 0 Å². The summed E-state index contributed by atoms with van der Waals surface area (Å²) in [7, 11) is 0. The molecule has 0 aliphatic carbocycles. The van der Waals surface area contributed by atoms with E-state index in [2.05, 4.69) is 28.7 Å². The molecule has 0 saturated heterocycles. The van der Waals surface area contributed by atoms with Crippen molar-refractivity contribution in [3.8, 4) is 17.3 Å². The zero-order chi connectivity index (χ0) is 16.1. The van der Waals surface area contributed by atoms with Crippen LogP contribution in [0.25, 0.3) is 11.3 Å². The van der Waals surface area contributed by atoms with Crippen molar-refractivity contribution in [2.24, 2.45) is 0 Å². The predicted octanol–water partition coefficient (Wildman–Crippen LogP) is 2.88. The first-order valence-electron chi connectivity index (χ1n) is 7.08. The molecule has 0 bridgehead atoms. The molecule has 0 unspecified atom stereocenters. The fourth-order valence-electron chi connectivity index (χ4n) is 2.28. The van der Waals surface area contributed by atoms with Gasteiger partial charge in [0.2, 0.25) is 0 Å². The fraction of sp³-hybridized carbons (Fsp3) is 0.312. The fourth-order valence-corrected chi connectivity index (χ4v) is 2.66. The minimum absolute atomic E-state index is 0.0494. The third kappa shape index (κ3) is 3.15. The number of thioether (sulfide) groups is 1. The summed E-state index contributed by atoms with van der Waals surface area (Å²) in [6, 6.07) is 9.74. The first-order chi connectivity index (χ1) is 10.6. The Labute approximate surface area is 134 Å². The van der Waals surface area contributed by atoms with E-state index in [1.807, 2.05) is 36.6 Å². The summed E-state index contributed by atoms with van der Waals surface area (Å²) in [5.74, 6) is 0. The molecule has 0 fully saturated rings. The summed E-state index contributed by atoms with van der Waals surface area (Å²) < 4.78 is 0. The summed E-state index contributed by atoms with van der Waals surface area (Å²) in [6.07, 6.45) is 1.83. The lowest BCUT2D eigenvalue weighted by Gasteiger charge is -2.21. The van der Waals surface area contributed by atoms with E-state index in [-0.39, 0.29) is 5.56 Å². The van der Waals surface area contributed by atoms with Crippen molar-refractivity contribution in [1.82, 2.24) is 9.97 Å². The maximum atomic E-state index is 12.0. The van der Waals surface area contributed by atoms with Crippen molar-refractivity contribution in [1.29, 1.82) is 5.26 Å². The largest absolute Gasteiger partial charge is 0.372 e. The molecular formula is C16H18N4OS. The van der Waals surface area contributed by atoms with Crippen molar-refractivity contribution in [2.75, 3.05) is 24.2 Å². The third-order valence-electron chi connectivity index (χ3n) is 3.47. The van der Waals surface area contributed by atoms with E-state index in [1.54, 1.807) is 0 Å². The number of nitrogens with zero attached hydrogens (tertiary/aromatic N) is 3. The molecule has 22 heavy (non-hydrogen) atoms. The minimum atomic E-state index is -0.398. The van der Waals surface area contributed by atoms with Gasteiger partial charge in [0, 0.05) is 24.3 Å².